The van der Waals surface area contributed by atoms with Gasteiger partial charge in [-0.05, 0) is 41.8 Å². The lowest BCUT2D eigenvalue weighted by molar-refractivity contribution is 0.0684. The molecule has 0 radical (unpaired) electrons. The van der Waals surface area contributed by atoms with E-state index in [9.17, 15) is 19.8 Å². The molecule has 0 fully saturated rings. The minimum Gasteiger partial charge on any atom is -0.478 e. The van der Waals surface area contributed by atoms with E-state index in [2.05, 4.69) is 0 Å². The predicted molar refractivity (Wildman–Crippen MR) is 80.6 cm³/mol. The highest BCUT2D eigenvalue weighted by molar-refractivity contribution is 6.32. The summed E-state index contributed by atoms with van der Waals surface area (Å²) < 4.78 is 0. The topological polar surface area (TPSA) is 74.6 Å². The Labute approximate surface area is 130 Å². The van der Waals surface area contributed by atoms with Crippen LogP contribution in [0.4, 0.5) is 0 Å². The Bertz CT molecular complexity index is 754. The summed E-state index contributed by atoms with van der Waals surface area (Å²) in [5, 5.41) is 19.2. The van der Waals surface area contributed by atoms with Crippen LogP contribution in [0.1, 0.15) is 26.3 Å². The van der Waals surface area contributed by atoms with Crippen molar-refractivity contribution in [3.63, 3.8) is 0 Å². The van der Waals surface area contributed by atoms with E-state index in [0.717, 1.165) is 0 Å². The SMILES string of the molecule is Cc1c(Cl)ccc(-c2ccc(Cl)cc2C(=O)O)c1C(=O)O. The fraction of sp³-hybridized carbons (Fsp3) is 0.0667. The highest BCUT2D eigenvalue weighted by Crippen LogP contribution is 2.33. The van der Waals surface area contributed by atoms with Crippen LogP contribution in [0.15, 0.2) is 30.3 Å². The maximum absolute atomic E-state index is 11.5. The maximum atomic E-state index is 11.5. The quantitative estimate of drug-likeness (QED) is 0.879. The molecule has 2 aromatic rings. The molecule has 4 nitrogen and oxygen atoms in total. The van der Waals surface area contributed by atoms with Crippen LogP contribution in [0.25, 0.3) is 11.1 Å². The second kappa shape index (κ2) is 5.76. The summed E-state index contributed by atoms with van der Waals surface area (Å²) in [5.74, 6) is -2.35. The van der Waals surface area contributed by atoms with Crippen molar-refractivity contribution in [2.75, 3.05) is 0 Å². The van der Waals surface area contributed by atoms with Crippen molar-refractivity contribution < 1.29 is 19.8 Å². The molecule has 2 rings (SSSR count). The smallest absolute Gasteiger partial charge is 0.336 e. The third-order valence-electron chi connectivity index (χ3n) is 3.11. The molecule has 0 heterocycles. The van der Waals surface area contributed by atoms with Gasteiger partial charge in [0.25, 0.3) is 0 Å². The molecule has 6 heteroatoms. The van der Waals surface area contributed by atoms with Crippen LogP contribution < -0.4 is 0 Å². The van der Waals surface area contributed by atoms with Gasteiger partial charge in [-0.25, -0.2) is 9.59 Å². The normalized spacial score (nSPS) is 10.4. The van der Waals surface area contributed by atoms with Gasteiger partial charge in [0, 0.05) is 10.0 Å². The van der Waals surface area contributed by atoms with Crippen LogP contribution in [0.3, 0.4) is 0 Å². The Morgan fingerprint density at radius 1 is 0.952 bits per heavy atom. The number of hydrogen-bond donors (Lipinski definition) is 2. The van der Waals surface area contributed by atoms with Crippen LogP contribution in [-0.2, 0) is 0 Å². The summed E-state index contributed by atoms with van der Waals surface area (Å²) in [6.07, 6.45) is 0. The van der Waals surface area contributed by atoms with E-state index < -0.39 is 11.9 Å². The van der Waals surface area contributed by atoms with Crippen molar-refractivity contribution >= 4 is 35.1 Å². The summed E-state index contributed by atoms with van der Waals surface area (Å²) in [6, 6.07) is 7.32. The van der Waals surface area contributed by atoms with Crippen molar-refractivity contribution in [2.24, 2.45) is 0 Å². The van der Waals surface area contributed by atoms with Crippen LogP contribution >= 0.6 is 23.2 Å². The van der Waals surface area contributed by atoms with E-state index >= 15 is 0 Å². The Morgan fingerprint density at radius 3 is 2.14 bits per heavy atom. The number of hydrogen-bond acceptors (Lipinski definition) is 2. The van der Waals surface area contributed by atoms with Crippen LogP contribution in [0.5, 0.6) is 0 Å². The van der Waals surface area contributed by atoms with E-state index in [1.54, 1.807) is 13.0 Å². The van der Waals surface area contributed by atoms with E-state index in [1.165, 1.54) is 24.3 Å². The zero-order valence-corrected chi connectivity index (χ0v) is 12.4. The van der Waals surface area contributed by atoms with Crippen molar-refractivity contribution in [1.82, 2.24) is 0 Å². The van der Waals surface area contributed by atoms with E-state index in [-0.39, 0.29) is 21.7 Å². The molecule has 2 aromatic carbocycles. The van der Waals surface area contributed by atoms with Gasteiger partial charge in [-0.15, -0.1) is 0 Å². The summed E-state index contributed by atoms with van der Waals surface area (Å²) in [4.78, 5) is 22.8. The van der Waals surface area contributed by atoms with Crippen molar-refractivity contribution in [2.45, 2.75) is 6.92 Å². The Hall–Kier alpha value is -2.04. The second-order valence-corrected chi connectivity index (χ2v) is 5.24. The molecule has 0 bridgehead atoms. The molecule has 0 amide bonds. The highest BCUT2D eigenvalue weighted by Gasteiger charge is 2.21. The Kier molecular flexibility index (Phi) is 4.21. The molecule has 108 valence electrons. The third kappa shape index (κ3) is 2.86. The standard InChI is InChI=1S/C15H10Cl2O4/c1-7-12(17)5-4-10(13(7)15(20)21)9-3-2-8(16)6-11(9)14(18)19/h2-6H,1H3,(H,18,19)(H,20,21). The molecule has 0 unspecified atom stereocenters. The second-order valence-electron chi connectivity index (χ2n) is 4.40. The molecule has 2 N–H and O–H groups in total. The predicted octanol–water partition coefficient (Wildman–Crippen LogP) is 4.37. The first kappa shape index (κ1) is 15.4. The summed E-state index contributed by atoms with van der Waals surface area (Å²) in [7, 11) is 0. The molecule has 0 aliphatic rings. The van der Waals surface area contributed by atoms with Gasteiger partial charge in [0.2, 0.25) is 0 Å². The van der Waals surface area contributed by atoms with Gasteiger partial charge in [0.1, 0.15) is 0 Å². The maximum Gasteiger partial charge on any atom is 0.336 e. The average Bonchev–Trinajstić information content (AvgIpc) is 2.41. The molecule has 0 aromatic heterocycles. The zero-order valence-electron chi connectivity index (χ0n) is 10.9. The van der Waals surface area contributed by atoms with Gasteiger partial charge >= 0.3 is 11.9 Å². The lowest BCUT2D eigenvalue weighted by Crippen LogP contribution is -2.06. The number of carboxylic acid groups (broad SMARTS) is 2. The highest BCUT2D eigenvalue weighted by atomic mass is 35.5. The van der Waals surface area contributed by atoms with Gasteiger partial charge < -0.3 is 10.2 Å². The van der Waals surface area contributed by atoms with E-state index in [1.807, 2.05) is 0 Å². The Balaban J connectivity index is 2.82. The monoisotopic (exact) mass is 324 g/mol. The van der Waals surface area contributed by atoms with Gasteiger partial charge in [-0.2, -0.15) is 0 Å². The van der Waals surface area contributed by atoms with Gasteiger partial charge in [0.15, 0.2) is 0 Å². The van der Waals surface area contributed by atoms with Crippen molar-refractivity contribution in [3.05, 3.63) is 57.1 Å². The summed E-state index contributed by atoms with van der Waals surface area (Å²) in [5.41, 5.74) is 0.870. The fourth-order valence-corrected chi connectivity index (χ4v) is 2.44. The lowest BCUT2D eigenvalue weighted by Gasteiger charge is -2.13. The number of halogens is 2. The number of benzene rings is 2. The average molecular weight is 325 g/mol. The van der Waals surface area contributed by atoms with Crippen molar-refractivity contribution in [1.29, 1.82) is 0 Å². The third-order valence-corrected chi connectivity index (χ3v) is 3.76. The minimum absolute atomic E-state index is 0.0210. The van der Waals surface area contributed by atoms with Crippen molar-refractivity contribution in [3.8, 4) is 11.1 Å². The fourth-order valence-electron chi connectivity index (χ4n) is 2.11. The van der Waals surface area contributed by atoms with Crippen LogP contribution in [0, 0.1) is 6.92 Å². The molecule has 0 saturated carbocycles. The number of aromatic carboxylic acids is 2. The molecule has 0 aliphatic heterocycles. The first-order valence-corrected chi connectivity index (χ1v) is 6.64. The van der Waals surface area contributed by atoms with Gasteiger partial charge in [-0.1, -0.05) is 35.3 Å². The lowest BCUT2D eigenvalue weighted by atomic mass is 9.92. The minimum atomic E-state index is -1.18. The molecule has 21 heavy (non-hydrogen) atoms. The van der Waals surface area contributed by atoms with Crippen LogP contribution in [0.2, 0.25) is 10.0 Å². The first-order valence-electron chi connectivity index (χ1n) is 5.88. The largest absolute Gasteiger partial charge is 0.478 e. The van der Waals surface area contributed by atoms with Gasteiger partial charge in [0.05, 0.1) is 11.1 Å². The van der Waals surface area contributed by atoms with Gasteiger partial charge in [-0.3, -0.25) is 0 Å². The van der Waals surface area contributed by atoms with E-state index in [0.29, 0.717) is 16.1 Å². The molecule has 0 saturated heterocycles. The Morgan fingerprint density at radius 2 is 1.57 bits per heavy atom. The molecule has 0 spiro atoms. The summed E-state index contributed by atoms with van der Waals surface area (Å²) in [6.45, 7) is 1.58. The number of rotatable bonds is 3. The molecule has 0 atom stereocenters. The molecule has 0 aliphatic carbocycles. The van der Waals surface area contributed by atoms with E-state index in [4.69, 9.17) is 23.2 Å². The van der Waals surface area contributed by atoms with Crippen LogP contribution in [-0.4, -0.2) is 22.2 Å². The first-order chi connectivity index (χ1) is 9.82. The molecular formula is C15H10Cl2O4. The summed E-state index contributed by atoms with van der Waals surface area (Å²) >= 11 is 11.8. The number of carboxylic acids is 2. The zero-order chi connectivity index (χ0) is 15.7. The number of carbonyl (C=O) groups is 2. The molecular weight excluding hydrogens is 315 g/mol.